The van der Waals surface area contributed by atoms with Crippen LogP contribution in [-0.4, -0.2) is 38.3 Å². The van der Waals surface area contributed by atoms with E-state index in [-0.39, 0.29) is 16.7 Å². The highest BCUT2D eigenvalue weighted by molar-refractivity contribution is 7.89. The topological polar surface area (TPSA) is 75.7 Å². The number of carbonyl (C=O) groups excluding carboxylic acids is 1. The van der Waals surface area contributed by atoms with Crippen molar-refractivity contribution in [1.82, 2.24) is 4.31 Å². The van der Waals surface area contributed by atoms with Crippen molar-refractivity contribution >= 4 is 21.6 Å². The van der Waals surface area contributed by atoms with Crippen molar-refractivity contribution in [3.05, 3.63) is 54.1 Å². The summed E-state index contributed by atoms with van der Waals surface area (Å²) >= 11 is 0. The molecule has 1 unspecified atom stereocenters. The third-order valence-corrected chi connectivity index (χ3v) is 6.74. The Morgan fingerprint density at radius 2 is 1.89 bits per heavy atom. The quantitative estimate of drug-likeness (QED) is 0.826. The van der Waals surface area contributed by atoms with Crippen LogP contribution in [0.15, 0.2) is 53.4 Å². The largest absolute Gasteiger partial charge is 0.492 e. The van der Waals surface area contributed by atoms with Crippen LogP contribution in [0.25, 0.3) is 0 Å². The first-order valence-electron chi connectivity index (χ1n) is 9.07. The zero-order valence-corrected chi connectivity index (χ0v) is 16.3. The van der Waals surface area contributed by atoms with E-state index in [2.05, 4.69) is 5.32 Å². The standard InChI is InChI=1S/C20H24N2O4S/c1-3-22(4-2)27(24,25)18-10-7-9-17(13-18)21-20(23)16-12-15-8-5-6-11-19(15)26-14-16/h5-11,13,16H,3-4,12,14H2,1-2H3,(H,21,23). The number of amides is 1. The highest BCUT2D eigenvalue weighted by Gasteiger charge is 2.26. The number of sulfonamides is 1. The number of nitrogens with one attached hydrogen (secondary N) is 1. The third-order valence-electron chi connectivity index (χ3n) is 4.69. The van der Waals surface area contributed by atoms with Crippen molar-refractivity contribution in [1.29, 1.82) is 0 Å². The number of rotatable bonds is 6. The molecule has 1 N–H and O–H groups in total. The zero-order valence-electron chi connectivity index (χ0n) is 15.5. The molecule has 0 spiro atoms. The fourth-order valence-corrected chi connectivity index (χ4v) is 4.69. The van der Waals surface area contributed by atoms with Gasteiger partial charge in [0, 0.05) is 18.8 Å². The predicted molar refractivity (Wildman–Crippen MR) is 104 cm³/mol. The molecule has 1 amide bonds. The van der Waals surface area contributed by atoms with Gasteiger partial charge in [0.1, 0.15) is 12.4 Å². The zero-order chi connectivity index (χ0) is 19.4. The van der Waals surface area contributed by atoms with Gasteiger partial charge >= 0.3 is 0 Å². The minimum Gasteiger partial charge on any atom is -0.492 e. The molecule has 2 aromatic carbocycles. The molecule has 144 valence electrons. The fraction of sp³-hybridized carbons (Fsp3) is 0.350. The first-order chi connectivity index (χ1) is 13.0. The molecule has 1 aliphatic heterocycles. The van der Waals surface area contributed by atoms with Gasteiger partial charge in [-0.2, -0.15) is 4.31 Å². The molecule has 0 saturated carbocycles. The van der Waals surface area contributed by atoms with Crippen LogP contribution in [0.5, 0.6) is 5.75 Å². The summed E-state index contributed by atoms with van der Waals surface area (Å²) in [6, 6.07) is 14.0. The van der Waals surface area contributed by atoms with Gasteiger partial charge in [-0.25, -0.2) is 8.42 Å². The molecular formula is C20H24N2O4S. The van der Waals surface area contributed by atoms with Crippen LogP contribution >= 0.6 is 0 Å². The summed E-state index contributed by atoms with van der Waals surface area (Å²) < 4.78 is 32.4. The van der Waals surface area contributed by atoms with Crippen LogP contribution in [0.1, 0.15) is 19.4 Å². The maximum absolute atomic E-state index is 12.7. The molecule has 0 bridgehead atoms. The first-order valence-corrected chi connectivity index (χ1v) is 10.5. The summed E-state index contributed by atoms with van der Waals surface area (Å²) in [5.41, 5.74) is 1.47. The van der Waals surface area contributed by atoms with Crippen molar-refractivity contribution in [3.8, 4) is 5.75 Å². The highest BCUT2D eigenvalue weighted by atomic mass is 32.2. The van der Waals surface area contributed by atoms with Gasteiger partial charge in [0.15, 0.2) is 0 Å². The normalized spacial score (nSPS) is 16.5. The molecule has 3 rings (SSSR count). The van der Waals surface area contributed by atoms with E-state index in [0.717, 1.165) is 11.3 Å². The number of hydrogen-bond acceptors (Lipinski definition) is 4. The van der Waals surface area contributed by atoms with E-state index in [4.69, 9.17) is 4.74 Å². The smallest absolute Gasteiger partial charge is 0.243 e. The van der Waals surface area contributed by atoms with E-state index in [1.807, 2.05) is 24.3 Å². The maximum atomic E-state index is 12.7. The number of fused-ring (bicyclic) bond motifs is 1. The molecule has 0 saturated heterocycles. The summed E-state index contributed by atoms with van der Waals surface area (Å²) in [6.45, 7) is 4.70. The van der Waals surface area contributed by atoms with Crippen LogP contribution in [-0.2, 0) is 21.2 Å². The van der Waals surface area contributed by atoms with E-state index in [1.165, 1.54) is 10.4 Å². The SMILES string of the molecule is CCN(CC)S(=O)(=O)c1cccc(NC(=O)C2COc3ccccc3C2)c1. The summed E-state index contributed by atoms with van der Waals surface area (Å²) in [4.78, 5) is 12.8. The Balaban J connectivity index is 1.74. The molecule has 1 atom stereocenters. The Labute approximate surface area is 160 Å². The minimum absolute atomic E-state index is 0.175. The average molecular weight is 388 g/mol. The monoisotopic (exact) mass is 388 g/mol. The van der Waals surface area contributed by atoms with Crippen LogP contribution in [0.3, 0.4) is 0 Å². The molecule has 2 aromatic rings. The number of carbonyl (C=O) groups is 1. The second-order valence-corrected chi connectivity index (χ2v) is 8.36. The molecule has 27 heavy (non-hydrogen) atoms. The number of ether oxygens (including phenoxy) is 1. The number of para-hydroxylation sites is 1. The van der Waals surface area contributed by atoms with Gasteiger partial charge in [-0.1, -0.05) is 38.1 Å². The second-order valence-electron chi connectivity index (χ2n) is 6.43. The van der Waals surface area contributed by atoms with E-state index >= 15 is 0 Å². The number of benzene rings is 2. The summed E-state index contributed by atoms with van der Waals surface area (Å²) in [7, 11) is -3.57. The summed E-state index contributed by atoms with van der Waals surface area (Å²) in [5.74, 6) is 0.318. The van der Waals surface area contributed by atoms with Gasteiger partial charge in [0.2, 0.25) is 15.9 Å². The van der Waals surface area contributed by atoms with E-state index < -0.39 is 10.0 Å². The van der Waals surface area contributed by atoms with Crippen molar-refractivity contribution in [2.75, 3.05) is 25.0 Å². The van der Waals surface area contributed by atoms with Gasteiger partial charge in [-0.05, 0) is 36.2 Å². The molecule has 1 heterocycles. The molecule has 1 aliphatic rings. The van der Waals surface area contributed by atoms with Gasteiger partial charge < -0.3 is 10.1 Å². The van der Waals surface area contributed by atoms with Crippen molar-refractivity contribution in [2.24, 2.45) is 5.92 Å². The number of hydrogen-bond donors (Lipinski definition) is 1. The highest BCUT2D eigenvalue weighted by Crippen LogP contribution is 2.28. The Bertz CT molecular complexity index is 923. The predicted octanol–water partition coefficient (Wildman–Crippen LogP) is 2.91. The van der Waals surface area contributed by atoms with Crippen molar-refractivity contribution in [2.45, 2.75) is 25.2 Å². The summed E-state index contributed by atoms with van der Waals surface area (Å²) in [6.07, 6.45) is 0.597. The van der Waals surface area contributed by atoms with Crippen LogP contribution < -0.4 is 10.1 Å². The lowest BCUT2D eigenvalue weighted by Crippen LogP contribution is -2.33. The molecule has 0 fully saturated rings. The first kappa shape index (κ1) is 19.4. The lowest BCUT2D eigenvalue weighted by atomic mass is 9.96. The van der Waals surface area contributed by atoms with Gasteiger partial charge in [0.05, 0.1) is 10.8 Å². The van der Waals surface area contributed by atoms with Crippen LogP contribution in [0, 0.1) is 5.92 Å². The Morgan fingerprint density at radius 3 is 2.63 bits per heavy atom. The van der Waals surface area contributed by atoms with Gasteiger partial charge in [-0.3, -0.25) is 4.79 Å². The van der Waals surface area contributed by atoms with Crippen molar-refractivity contribution < 1.29 is 17.9 Å². The molecule has 0 aromatic heterocycles. The van der Waals surface area contributed by atoms with Crippen molar-refractivity contribution in [3.63, 3.8) is 0 Å². The molecule has 0 aliphatic carbocycles. The minimum atomic E-state index is -3.57. The van der Waals surface area contributed by atoms with E-state index in [9.17, 15) is 13.2 Å². The van der Waals surface area contributed by atoms with Crippen LogP contribution in [0.4, 0.5) is 5.69 Å². The van der Waals surface area contributed by atoms with Gasteiger partial charge in [-0.15, -0.1) is 0 Å². The molecule has 6 nitrogen and oxygen atoms in total. The maximum Gasteiger partial charge on any atom is 0.243 e. The number of nitrogens with zero attached hydrogens (tertiary/aromatic N) is 1. The number of anilines is 1. The van der Waals surface area contributed by atoms with E-state index in [0.29, 0.717) is 31.8 Å². The molecular weight excluding hydrogens is 364 g/mol. The van der Waals surface area contributed by atoms with E-state index in [1.54, 1.807) is 32.0 Å². The second kappa shape index (κ2) is 8.10. The Hall–Kier alpha value is -2.38. The Kier molecular flexibility index (Phi) is 5.82. The summed E-state index contributed by atoms with van der Waals surface area (Å²) in [5, 5.41) is 2.83. The lowest BCUT2D eigenvalue weighted by molar-refractivity contribution is -0.121. The fourth-order valence-electron chi connectivity index (χ4n) is 3.19. The third kappa shape index (κ3) is 4.14. The molecule has 0 radical (unpaired) electrons. The molecule has 7 heteroatoms. The van der Waals surface area contributed by atoms with Gasteiger partial charge in [0.25, 0.3) is 0 Å². The van der Waals surface area contributed by atoms with Crippen LogP contribution in [0.2, 0.25) is 0 Å². The average Bonchev–Trinajstić information content (AvgIpc) is 2.68. The Morgan fingerprint density at radius 1 is 1.15 bits per heavy atom. The lowest BCUT2D eigenvalue weighted by Gasteiger charge is -2.24.